The third kappa shape index (κ3) is 2.59. The highest BCUT2D eigenvalue weighted by molar-refractivity contribution is 5.99. The van der Waals surface area contributed by atoms with Gasteiger partial charge in [0, 0.05) is 31.0 Å². The molecule has 2 rings (SSSR count). The van der Waals surface area contributed by atoms with E-state index in [0.717, 1.165) is 17.7 Å². The van der Waals surface area contributed by atoms with E-state index in [1.807, 2.05) is 20.2 Å². The van der Waals surface area contributed by atoms with E-state index < -0.39 is 0 Å². The number of carbonyl (C=O) groups is 1. The molecule has 19 heavy (non-hydrogen) atoms. The molecule has 7 heteroatoms. The van der Waals surface area contributed by atoms with Gasteiger partial charge in [-0.1, -0.05) is 6.92 Å². The van der Waals surface area contributed by atoms with Crippen LogP contribution in [0.4, 0.5) is 5.82 Å². The van der Waals surface area contributed by atoms with Crippen molar-refractivity contribution in [3.05, 3.63) is 28.7 Å². The summed E-state index contributed by atoms with van der Waals surface area (Å²) in [4.78, 5) is 12.0. The van der Waals surface area contributed by atoms with E-state index >= 15 is 0 Å². The molecule has 0 saturated heterocycles. The molecule has 0 aliphatic heterocycles. The van der Waals surface area contributed by atoms with Gasteiger partial charge >= 0.3 is 0 Å². The summed E-state index contributed by atoms with van der Waals surface area (Å²) in [6.07, 6.45) is 2.74. The molecule has 0 aliphatic carbocycles. The van der Waals surface area contributed by atoms with Gasteiger partial charge in [0.1, 0.15) is 5.56 Å². The van der Waals surface area contributed by atoms with Crippen LogP contribution in [0.25, 0.3) is 0 Å². The fraction of sp³-hybridized carbons (Fsp3) is 0.417. The summed E-state index contributed by atoms with van der Waals surface area (Å²) in [5, 5.41) is 13.7. The molecule has 0 fully saturated rings. The molecular weight excluding hydrogens is 244 g/mol. The van der Waals surface area contributed by atoms with Gasteiger partial charge in [-0.3, -0.25) is 14.6 Å². The molecule has 0 saturated carbocycles. The van der Waals surface area contributed by atoms with Crippen molar-refractivity contribution in [1.82, 2.24) is 25.3 Å². The first-order valence-electron chi connectivity index (χ1n) is 6.13. The van der Waals surface area contributed by atoms with Gasteiger partial charge < -0.3 is 11.1 Å². The van der Waals surface area contributed by atoms with E-state index in [0.29, 0.717) is 17.8 Å². The van der Waals surface area contributed by atoms with Crippen LogP contribution in [-0.4, -0.2) is 25.9 Å². The van der Waals surface area contributed by atoms with Crippen molar-refractivity contribution in [3.63, 3.8) is 0 Å². The number of aromatic amines is 1. The molecule has 0 aliphatic rings. The Morgan fingerprint density at radius 3 is 2.89 bits per heavy atom. The van der Waals surface area contributed by atoms with Crippen molar-refractivity contribution in [1.29, 1.82) is 0 Å². The number of aryl methyl sites for hydroxylation is 3. The van der Waals surface area contributed by atoms with Gasteiger partial charge in [0.25, 0.3) is 5.91 Å². The van der Waals surface area contributed by atoms with Crippen molar-refractivity contribution in [2.75, 3.05) is 5.73 Å². The van der Waals surface area contributed by atoms with Crippen LogP contribution < -0.4 is 11.1 Å². The van der Waals surface area contributed by atoms with Crippen molar-refractivity contribution < 1.29 is 4.79 Å². The number of rotatable bonds is 4. The number of amides is 1. The normalized spacial score (nSPS) is 10.7. The quantitative estimate of drug-likeness (QED) is 0.747. The second-order valence-corrected chi connectivity index (χ2v) is 4.42. The average Bonchev–Trinajstić information content (AvgIpc) is 2.89. The Labute approximate surface area is 111 Å². The fourth-order valence-electron chi connectivity index (χ4n) is 2.03. The van der Waals surface area contributed by atoms with Crippen LogP contribution >= 0.6 is 0 Å². The first-order chi connectivity index (χ1) is 9.02. The Bertz CT molecular complexity index is 578. The zero-order chi connectivity index (χ0) is 14.0. The molecule has 0 spiro atoms. The minimum absolute atomic E-state index is 0.219. The minimum Gasteiger partial charge on any atom is -0.382 e. The average molecular weight is 262 g/mol. The van der Waals surface area contributed by atoms with Gasteiger partial charge in [0.15, 0.2) is 5.82 Å². The Kier molecular flexibility index (Phi) is 3.55. The summed E-state index contributed by atoms with van der Waals surface area (Å²) in [5.41, 5.74) is 8.72. The summed E-state index contributed by atoms with van der Waals surface area (Å²) < 4.78 is 1.75. The summed E-state index contributed by atoms with van der Waals surface area (Å²) >= 11 is 0. The van der Waals surface area contributed by atoms with Gasteiger partial charge in [0.2, 0.25) is 0 Å². The Morgan fingerprint density at radius 2 is 2.32 bits per heavy atom. The second kappa shape index (κ2) is 5.13. The van der Waals surface area contributed by atoms with Gasteiger partial charge in [-0.15, -0.1) is 0 Å². The van der Waals surface area contributed by atoms with E-state index in [-0.39, 0.29) is 11.7 Å². The molecule has 4 N–H and O–H groups in total. The first-order valence-corrected chi connectivity index (χ1v) is 6.13. The summed E-state index contributed by atoms with van der Waals surface area (Å²) in [6, 6.07) is 0. The monoisotopic (exact) mass is 262 g/mol. The van der Waals surface area contributed by atoms with E-state index in [4.69, 9.17) is 5.73 Å². The smallest absolute Gasteiger partial charge is 0.257 e. The standard InChI is InChI=1S/C12H18N6O/c1-4-9-8(6-18(3)17-9)5-14-12(19)10-7(2)15-16-11(10)13/h6H,4-5H2,1-3H3,(H,14,19)(H3,13,15,16). The third-order valence-electron chi connectivity index (χ3n) is 2.97. The highest BCUT2D eigenvalue weighted by Crippen LogP contribution is 2.13. The van der Waals surface area contributed by atoms with Crippen molar-refractivity contribution in [2.45, 2.75) is 26.8 Å². The number of nitrogen functional groups attached to an aromatic ring is 1. The number of hydrogen-bond donors (Lipinski definition) is 3. The molecule has 0 aromatic carbocycles. The predicted octanol–water partition coefficient (Wildman–Crippen LogP) is 0.526. The van der Waals surface area contributed by atoms with Gasteiger partial charge in [0.05, 0.1) is 5.69 Å². The number of nitrogens with one attached hydrogen (secondary N) is 2. The molecule has 0 atom stereocenters. The Hall–Kier alpha value is -2.31. The summed E-state index contributed by atoms with van der Waals surface area (Å²) in [6.45, 7) is 4.23. The highest BCUT2D eigenvalue weighted by Gasteiger charge is 2.16. The molecule has 7 nitrogen and oxygen atoms in total. The van der Waals surface area contributed by atoms with E-state index in [9.17, 15) is 4.79 Å². The molecule has 102 valence electrons. The van der Waals surface area contributed by atoms with Crippen LogP contribution in [0.3, 0.4) is 0 Å². The molecule has 0 unspecified atom stereocenters. The number of H-pyrrole nitrogens is 1. The molecule has 1 amide bonds. The molecular formula is C12H18N6O. The maximum absolute atomic E-state index is 12.0. The maximum Gasteiger partial charge on any atom is 0.257 e. The lowest BCUT2D eigenvalue weighted by molar-refractivity contribution is 0.0951. The van der Waals surface area contributed by atoms with E-state index in [1.54, 1.807) is 11.6 Å². The fourth-order valence-corrected chi connectivity index (χ4v) is 2.03. The van der Waals surface area contributed by atoms with Gasteiger partial charge in [-0.25, -0.2) is 0 Å². The second-order valence-electron chi connectivity index (χ2n) is 4.42. The SMILES string of the molecule is CCc1nn(C)cc1CNC(=O)c1c(N)n[nH]c1C. The molecule has 2 aromatic heterocycles. The van der Waals surface area contributed by atoms with Crippen LogP contribution in [0, 0.1) is 6.92 Å². The Balaban J connectivity index is 2.08. The van der Waals surface area contributed by atoms with Crippen molar-refractivity contribution in [2.24, 2.45) is 7.05 Å². The lowest BCUT2D eigenvalue weighted by Gasteiger charge is -2.04. The largest absolute Gasteiger partial charge is 0.382 e. The lowest BCUT2D eigenvalue weighted by Crippen LogP contribution is -2.24. The minimum atomic E-state index is -0.227. The zero-order valence-electron chi connectivity index (χ0n) is 11.3. The number of aromatic nitrogens is 4. The lowest BCUT2D eigenvalue weighted by atomic mass is 10.2. The highest BCUT2D eigenvalue weighted by atomic mass is 16.1. The van der Waals surface area contributed by atoms with Crippen molar-refractivity contribution in [3.8, 4) is 0 Å². The van der Waals surface area contributed by atoms with E-state index in [2.05, 4.69) is 20.6 Å². The van der Waals surface area contributed by atoms with Crippen LogP contribution in [0.5, 0.6) is 0 Å². The number of hydrogen-bond acceptors (Lipinski definition) is 4. The van der Waals surface area contributed by atoms with Crippen LogP contribution in [0.2, 0.25) is 0 Å². The van der Waals surface area contributed by atoms with Crippen LogP contribution in [0.1, 0.15) is 34.2 Å². The summed E-state index contributed by atoms with van der Waals surface area (Å²) in [7, 11) is 1.86. The third-order valence-corrected chi connectivity index (χ3v) is 2.97. The number of nitrogens with two attached hydrogens (primary N) is 1. The molecule has 2 heterocycles. The predicted molar refractivity (Wildman–Crippen MR) is 71.5 cm³/mol. The zero-order valence-corrected chi connectivity index (χ0v) is 11.3. The van der Waals surface area contributed by atoms with Crippen LogP contribution in [0.15, 0.2) is 6.20 Å². The Morgan fingerprint density at radius 1 is 1.58 bits per heavy atom. The summed E-state index contributed by atoms with van der Waals surface area (Å²) in [5.74, 6) is -0.00782. The van der Waals surface area contributed by atoms with Crippen LogP contribution in [-0.2, 0) is 20.0 Å². The molecule has 0 radical (unpaired) electrons. The first kappa shape index (κ1) is 13.1. The van der Waals surface area contributed by atoms with Gasteiger partial charge in [-0.2, -0.15) is 10.2 Å². The molecule has 2 aromatic rings. The topological polar surface area (TPSA) is 102 Å². The van der Waals surface area contributed by atoms with Gasteiger partial charge in [-0.05, 0) is 13.3 Å². The molecule has 0 bridgehead atoms. The number of nitrogens with zero attached hydrogens (tertiary/aromatic N) is 3. The number of anilines is 1. The van der Waals surface area contributed by atoms with Crippen molar-refractivity contribution >= 4 is 11.7 Å². The number of carbonyl (C=O) groups excluding carboxylic acids is 1. The maximum atomic E-state index is 12.0. The van der Waals surface area contributed by atoms with E-state index in [1.165, 1.54) is 0 Å².